The average Bonchev–Trinajstić information content (AvgIpc) is 2.97. The fourth-order valence-electron chi connectivity index (χ4n) is 2.26. The third-order valence-electron chi connectivity index (χ3n) is 3.26. The molecule has 5 nitrogen and oxygen atoms in total. The molecule has 7 heteroatoms. The van der Waals surface area contributed by atoms with Crippen molar-refractivity contribution in [1.82, 2.24) is 15.0 Å². The van der Waals surface area contributed by atoms with E-state index in [9.17, 15) is 4.21 Å². The third-order valence-corrected chi connectivity index (χ3v) is 5.51. The highest BCUT2D eigenvalue weighted by molar-refractivity contribution is 7.84. The highest BCUT2D eigenvalue weighted by Crippen LogP contribution is 2.21. The van der Waals surface area contributed by atoms with E-state index in [1.54, 1.807) is 18.5 Å². The lowest BCUT2D eigenvalue weighted by molar-refractivity contribution is 0.0310. The smallest absolute Gasteiger partial charge is 0.188 e. The van der Waals surface area contributed by atoms with Gasteiger partial charge in [-0.2, -0.15) is 0 Å². The summed E-state index contributed by atoms with van der Waals surface area (Å²) >= 11 is 1.49. The minimum absolute atomic E-state index is 0.148. The van der Waals surface area contributed by atoms with Crippen LogP contribution in [0.2, 0.25) is 0 Å². The summed E-state index contributed by atoms with van der Waals surface area (Å²) in [6, 6.07) is 1.78. The molecule has 0 N–H and O–H groups in total. The molecule has 1 fully saturated rings. The van der Waals surface area contributed by atoms with Crippen molar-refractivity contribution in [2.75, 3.05) is 12.4 Å². The van der Waals surface area contributed by atoms with Gasteiger partial charge < -0.3 is 4.74 Å². The first-order chi connectivity index (χ1) is 10.3. The van der Waals surface area contributed by atoms with E-state index in [0.29, 0.717) is 17.3 Å². The van der Waals surface area contributed by atoms with Gasteiger partial charge in [0.1, 0.15) is 0 Å². The largest absolute Gasteiger partial charge is 0.377 e. The van der Waals surface area contributed by atoms with Crippen LogP contribution in [0.15, 0.2) is 23.8 Å². The van der Waals surface area contributed by atoms with Gasteiger partial charge in [0.2, 0.25) is 0 Å². The fraction of sp³-hybridized carbons (Fsp3) is 0.500. The zero-order valence-corrected chi connectivity index (χ0v) is 13.2. The Morgan fingerprint density at radius 1 is 1.33 bits per heavy atom. The fourth-order valence-corrected chi connectivity index (χ4v) is 4.40. The lowest BCUT2D eigenvalue weighted by atomic mass is 10.1. The van der Waals surface area contributed by atoms with Gasteiger partial charge in [-0.1, -0.05) is 0 Å². The van der Waals surface area contributed by atoms with Crippen molar-refractivity contribution in [3.8, 4) is 10.8 Å². The summed E-state index contributed by atoms with van der Waals surface area (Å²) in [5.74, 6) is 1.70. The Balaban J connectivity index is 1.58. The van der Waals surface area contributed by atoms with Crippen molar-refractivity contribution in [3.05, 3.63) is 29.5 Å². The van der Waals surface area contributed by atoms with Gasteiger partial charge in [-0.15, -0.1) is 11.3 Å². The molecular formula is C14H17N3O2S2. The Morgan fingerprint density at radius 2 is 2.19 bits per heavy atom. The molecule has 0 amide bonds. The molecular weight excluding hydrogens is 306 g/mol. The molecule has 0 aromatic carbocycles. The van der Waals surface area contributed by atoms with E-state index in [2.05, 4.69) is 15.0 Å². The maximum atomic E-state index is 12.2. The molecule has 1 aliphatic rings. The van der Waals surface area contributed by atoms with Crippen LogP contribution in [0.25, 0.3) is 10.8 Å². The second kappa shape index (κ2) is 7.20. The van der Waals surface area contributed by atoms with Gasteiger partial charge in [-0.05, 0) is 25.3 Å². The van der Waals surface area contributed by atoms with Gasteiger partial charge >= 0.3 is 0 Å². The van der Waals surface area contributed by atoms with Crippen molar-refractivity contribution < 1.29 is 8.95 Å². The molecule has 3 heterocycles. The van der Waals surface area contributed by atoms with Crippen molar-refractivity contribution in [2.24, 2.45) is 0 Å². The van der Waals surface area contributed by atoms with Gasteiger partial charge in [-0.25, -0.2) is 15.0 Å². The van der Waals surface area contributed by atoms with Crippen LogP contribution in [-0.4, -0.2) is 37.6 Å². The molecule has 0 saturated carbocycles. The molecule has 2 unspecified atom stereocenters. The maximum Gasteiger partial charge on any atom is 0.188 e. The van der Waals surface area contributed by atoms with Crippen LogP contribution in [0, 0.1) is 0 Å². The van der Waals surface area contributed by atoms with Crippen LogP contribution < -0.4 is 0 Å². The van der Waals surface area contributed by atoms with Crippen molar-refractivity contribution in [1.29, 1.82) is 0 Å². The lowest BCUT2D eigenvalue weighted by Gasteiger charge is -2.21. The molecule has 2 aromatic heterocycles. The molecule has 112 valence electrons. The zero-order chi connectivity index (χ0) is 14.5. The van der Waals surface area contributed by atoms with Gasteiger partial charge in [0.25, 0.3) is 0 Å². The van der Waals surface area contributed by atoms with Gasteiger partial charge in [0.05, 0.1) is 23.3 Å². The SMILES string of the molecule is O=S(Cc1csc(-c2ncccn2)n1)CC1CCCCO1. The Hall–Kier alpha value is -1.18. The number of hydrogen-bond donors (Lipinski definition) is 0. The van der Waals surface area contributed by atoms with Crippen LogP contribution in [-0.2, 0) is 21.3 Å². The second-order valence-corrected chi connectivity index (χ2v) is 7.32. The van der Waals surface area contributed by atoms with Crippen molar-refractivity contribution in [3.63, 3.8) is 0 Å². The summed E-state index contributed by atoms with van der Waals surface area (Å²) in [5.41, 5.74) is 0.844. The maximum absolute atomic E-state index is 12.2. The van der Waals surface area contributed by atoms with Crippen molar-refractivity contribution in [2.45, 2.75) is 31.1 Å². The number of rotatable bonds is 5. The monoisotopic (exact) mass is 323 g/mol. The summed E-state index contributed by atoms with van der Waals surface area (Å²) in [6.07, 6.45) is 6.86. The minimum atomic E-state index is -0.933. The molecule has 0 radical (unpaired) electrons. The Kier molecular flexibility index (Phi) is 5.05. The van der Waals surface area contributed by atoms with E-state index >= 15 is 0 Å². The molecule has 3 rings (SSSR count). The molecule has 21 heavy (non-hydrogen) atoms. The first-order valence-corrected chi connectivity index (χ1v) is 9.36. The number of aromatic nitrogens is 3. The summed E-state index contributed by atoms with van der Waals surface area (Å²) in [7, 11) is -0.933. The zero-order valence-electron chi connectivity index (χ0n) is 11.6. The summed E-state index contributed by atoms with van der Waals surface area (Å²) in [4.78, 5) is 12.8. The van der Waals surface area contributed by atoms with Gasteiger partial charge in [0, 0.05) is 35.2 Å². The first-order valence-electron chi connectivity index (χ1n) is 6.99. The van der Waals surface area contributed by atoms with Crippen molar-refractivity contribution >= 4 is 22.1 Å². The van der Waals surface area contributed by atoms with E-state index < -0.39 is 10.8 Å². The van der Waals surface area contributed by atoms with Crippen LogP contribution in [0.4, 0.5) is 0 Å². The van der Waals surface area contributed by atoms with E-state index in [1.807, 2.05) is 5.38 Å². The summed E-state index contributed by atoms with van der Waals surface area (Å²) < 4.78 is 17.8. The summed E-state index contributed by atoms with van der Waals surface area (Å²) in [5, 5.41) is 2.71. The average molecular weight is 323 g/mol. The third kappa shape index (κ3) is 4.15. The van der Waals surface area contributed by atoms with Crippen LogP contribution >= 0.6 is 11.3 Å². The minimum Gasteiger partial charge on any atom is -0.377 e. The van der Waals surface area contributed by atoms with Crippen LogP contribution in [0.1, 0.15) is 25.0 Å². The number of thiazole rings is 1. The predicted octanol–water partition coefficient (Wildman–Crippen LogP) is 2.42. The molecule has 2 aromatic rings. The first kappa shape index (κ1) is 14.7. The predicted molar refractivity (Wildman–Crippen MR) is 83.4 cm³/mol. The molecule has 0 bridgehead atoms. The Morgan fingerprint density at radius 3 is 2.95 bits per heavy atom. The topological polar surface area (TPSA) is 65.0 Å². The van der Waals surface area contributed by atoms with Crippen LogP contribution in [0.3, 0.4) is 0 Å². The second-order valence-electron chi connectivity index (χ2n) is 4.96. The van der Waals surface area contributed by atoms with Crippen LogP contribution in [0.5, 0.6) is 0 Å². The molecule has 1 aliphatic heterocycles. The quantitative estimate of drug-likeness (QED) is 0.845. The van der Waals surface area contributed by atoms with E-state index in [0.717, 1.165) is 30.2 Å². The number of nitrogens with zero attached hydrogens (tertiary/aromatic N) is 3. The molecule has 1 saturated heterocycles. The van der Waals surface area contributed by atoms with Gasteiger partial charge in [-0.3, -0.25) is 4.21 Å². The Labute approximate surface area is 130 Å². The standard InChI is InChI=1S/C14H17N3O2S2/c18-21(10-12-4-1-2-7-19-12)9-11-8-20-14(17-11)13-15-5-3-6-16-13/h3,5-6,8,12H,1-2,4,7,9-10H2. The molecule has 2 atom stereocenters. The Bertz CT molecular complexity index is 597. The molecule has 0 spiro atoms. The molecule has 0 aliphatic carbocycles. The normalized spacial score (nSPS) is 20.3. The number of hydrogen-bond acceptors (Lipinski definition) is 6. The van der Waals surface area contributed by atoms with Gasteiger partial charge in [0.15, 0.2) is 10.8 Å². The highest BCUT2D eigenvalue weighted by atomic mass is 32.2. The summed E-state index contributed by atoms with van der Waals surface area (Å²) in [6.45, 7) is 0.800. The number of ether oxygens (including phenoxy) is 1. The van der Waals surface area contributed by atoms with E-state index in [1.165, 1.54) is 17.8 Å². The van der Waals surface area contributed by atoms with E-state index in [-0.39, 0.29) is 6.10 Å². The van der Waals surface area contributed by atoms with E-state index in [4.69, 9.17) is 4.74 Å². The highest BCUT2D eigenvalue weighted by Gasteiger charge is 2.18. The lowest BCUT2D eigenvalue weighted by Crippen LogP contribution is -2.25.